The lowest BCUT2D eigenvalue weighted by Gasteiger charge is -2.40. The lowest BCUT2D eigenvalue weighted by Crippen LogP contribution is -2.60. The maximum atomic E-state index is 13.2. The fourth-order valence-electron chi connectivity index (χ4n) is 10.1. The molecule has 8 N–H and O–H groups in total. The van der Waals surface area contributed by atoms with Crippen molar-refractivity contribution in [1.82, 2.24) is 5.32 Å². The summed E-state index contributed by atoms with van der Waals surface area (Å²) in [6.07, 6.45) is 47.1. The lowest BCUT2D eigenvalue weighted by molar-refractivity contribution is -0.303. The molecular formula is C60H117NO10. The third-order valence-electron chi connectivity index (χ3n) is 15.1. The van der Waals surface area contributed by atoms with E-state index in [9.17, 15) is 40.5 Å². The standard InChI is InChI=1S/C60H117NO10/c1-3-5-7-9-11-13-15-17-19-21-22-23-24-25-26-27-28-29-30-31-32-34-35-37-39-41-43-45-47-52(63)55(65)51(50-70-60-58(68)57(67)56(66)54(49-62)71-60)61-59(69)53(64)48-46-44-42-40-38-36-33-20-18-16-14-12-10-8-6-4-2/h39,41,51-58,60,62-68H,3-38,40,42-50H2,1-2H3,(H,61,69)/b41-39+. The van der Waals surface area contributed by atoms with Crippen LogP contribution in [0.15, 0.2) is 12.2 Å². The molecule has 1 heterocycles. The van der Waals surface area contributed by atoms with Gasteiger partial charge in [-0.2, -0.15) is 0 Å². The van der Waals surface area contributed by atoms with Crippen LogP contribution in [0.4, 0.5) is 0 Å². The van der Waals surface area contributed by atoms with Gasteiger partial charge in [0.25, 0.3) is 0 Å². The van der Waals surface area contributed by atoms with Gasteiger partial charge < -0.3 is 50.5 Å². The second-order valence-electron chi connectivity index (χ2n) is 21.8. The quantitative estimate of drug-likeness (QED) is 0.0215. The van der Waals surface area contributed by atoms with E-state index in [-0.39, 0.29) is 12.8 Å². The van der Waals surface area contributed by atoms with Gasteiger partial charge in [-0.25, -0.2) is 0 Å². The normalized spacial score (nSPS) is 20.2. The Morgan fingerprint density at radius 3 is 1.21 bits per heavy atom. The molecule has 9 unspecified atom stereocenters. The number of rotatable bonds is 53. The minimum atomic E-state index is -1.66. The monoisotopic (exact) mass is 1010 g/mol. The van der Waals surface area contributed by atoms with E-state index in [1.165, 1.54) is 218 Å². The zero-order valence-electron chi connectivity index (χ0n) is 46.2. The van der Waals surface area contributed by atoms with E-state index in [0.29, 0.717) is 12.8 Å². The Labute approximate surface area is 436 Å². The zero-order chi connectivity index (χ0) is 51.8. The van der Waals surface area contributed by atoms with E-state index in [2.05, 4.69) is 31.3 Å². The van der Waals surface area contributed by atoms with Crippen molar-refractivity contribution in [2.75, 3.05) is 13.2 Å². The summed E-state index contributed by atoms with van der Waals surface area (Å²) in [7, 11) is 0. The summed E-state index contributed by atoms with van der Waals surface area (Å²) in [5.74, 6) is -0.701. The first-order chi connectivity index (χ1) is 34.7. The predicted molar refractivity (Wildman–Crippen MR) is 293 cm³/mol. The second kappa shape index (κ2) is 49.7. The fraction of sp³-hybridized carbons (Fsp3) is 0.950. The molecule has 9 atom stereocenters. The Morgan fingerprint density at radius 1 is 0.479 bits per heavy atom. The minimum Gasteiger partial charge on any atom is -0.394 e. The van der Waals surface area contributed by atoms with Gasteiger partial charge >= 0.3 is 0 Å². The van der Waals surface area contributed by atoms with E-state index in [4.69, 9.17) is 9.47 Å². The smallest absolute Gasteiger partial charge is 0.249 e. The van der Waals surface area contributed by atoms with Crippen molar-refractivity contribution >= 4 is 5.91 Å². The molecule has 0 aromatic carbocycles. The number of amides is 1. The van der Waals surface area contributed by atoms with Crippen molar-refractivity contribution < 1.29 is 50.0 Å². The highest BCUT2D eigenvalue weighted by atomic mass is 16.7. The molecule has 422 valence electrons. The van der Waals surface area contributed by atoms with Gasteiger partial charge in [-0.3, -0.25) is 4.79 Å². The Bertz CT molecular complexity index is 1160. The predicted octanol–water partition coefficient (Wildman–Crippen LogP) is 13.1. The van der Waals surface area contributed by atoms with Gasteiger partial charge in [0.05, 0.1) is 25.4 Å². The van der Waals surface area contributed by atoms with E-state index < -0.39 is 74.2 Å². The molecule has 0 bridgehead atoms. The Kier molecular flexibility index (Phi) is 47.5. The summed E-state index contributed by atoms with van der Waals surface area (Å²) < 4.78 is 11.1. The number of aliphatic hydroxyl groups is 7. The number of aliphatic hydroxyl groups excluding tert-OH is 7. The molecular weight excluding hydrogens is 895 g/mol. The summed E-state index contributed by atoms with van der Waals surface area (Å²) in [6, 6.07) is -1.18. The molecule has 1 aliphatic rings. The molecule has 0 spiro atoms. The van der Waals surface area contributed by atoms with Gasteiger partial charge in [0.1, 0.15) is 36.6 Å². The molecule has 0 aliphatic carbocycles. The first-order valence-corrected chi connectivity index (χ1v) is 30.6. The Hall–Kier alpha value is -1.15. The largest absolute Gasteiger partial charge is 0.394 e. The SMILES string of the molecule is CCCCCCCCCCCCCCCCCCCCCCCCC/C=C/CCCC(O)C(O)C(COC1OC(CO)C(O)C(O)C1O)NC(=O)C(O)CCCCCCCCCCCCCCCCCC. The summed E-state index contributed by atoms with van der Waals surface area (Å²) >= 11 is 0. The van der Waals surface area contributed by atoms with Gasteiger partial charge in [-0.05, 0) is 38.5 Å². The van der Waals surface area contributed by atoms with Crippen molar-refractivity contribution in [2.45, 2.75) is 351 Å². The van der Waals surface area contributed by atoms with Crippen molar-refractivity contribution in [3.05, 3.63) is 12.2 Å². The van der Waals surface area contributed by atoms with Crippen LogP contribution in [0.1, 0.15) is 296 Å². The number of nitrogens with one attached hydrogen (secondary N) is 1. The van der Waals surface area contributed by atoms with Gasteiger partial charge in [0, 0.05) is 0 Å². The molecule has 1 saturated heterocycles. The van der Waals surface area contributed by atoms with E-state index in [1.54, 1.807) is 0 Å². The third kappa shape index (κ3) is 38.1. The molecule has 11 nitrogen and oxygen atoms in total. The summed E-state index contributed by atoms with van der Waals surface area (Å²) in [6.45, 7) is 3.48. The van der Waals surface area contributed by atoms with Crippen LogP contribution >= 0.6 is 0 Å². The molecule has 11 heteroatoms. The lowest BCUT2D eigenvalue weighted by atomic mass is 9.98. The third-order valence-corrected chi connectivity index (χ3v) is 15.1. The van der Waals surface area contributed by atoms with Crippen LogP contribution < -0.4 is 5.32 Å². The highest BCUT2D eigenvalue weighted by molar-refractivity contribution is 5.80. The molecule has 1 rings (SSSR count). The van der Waals surface area contributed by atoms with Gasteiger partial charge in [0.2, 0.25) is 5.91 Å². The first-order valence-electron chi connectivity index (χ1n) is 30.6. The van der Waals surface area contributed by atoms with E-state index in [1.807, 2.05) is 0 Å². The van der Waals surface area contributed by atoms with Gasteiger partial charge in [0.15, 0.2) is 6.29 Å². The van der Waals surface area contributed by atoms with Crippen LogP contribution in [0.25, 0.3) is 0 Å². The van der Waals surface area contributed by atoms with E-state index >= 15 is 0 Å². The highest BCUT2D eigenvalue weighted by Gasteiger charge is 2.44. The minimum absolute atomic E-state index is 0.259. The topological polar surface area (TPSA) is 189 Å². The maximum Gasteiger partial charge on any atom is 0.249 e. The number of unbranched alkanes of at least 4 members (excludes halogenated alkanes) is 39. The number of hydrogen-bond acceptors (Lipinski definition) is 10. The van der Waals surface area contributed by atoms with Crippen LogP contribution in [0.3, 0.4) is 0 Å². The number of ether oxygens (including phenoxy) is 2. The van der Waals surface area contributed by atoms with Crippen molar-refractivity contribution in [3.8, 4) is 0 Å². The second-order valence-corrected chi connectivity index (χ2v) is 21.8. The Morgan fingerprint density at radius 2 is 0.831 bits per heavy atom. The molecule has 1 fully saturated rings. The van der Waals surface area contributed by atoms with Crippen LogP contribution in [0.2, 0.25) is 0 Å². The average molecular weight is 1010 g/mol. The van der Waals surface area contributed by atoms with Crippen LogP contribution in [0, 0.1) is 0 Å². The van der Waals surface area contributed by atoms with Gasteiger partial charge in [-0.15, -0.1) is 0 Å². The van der Waals surface area contributed by atoms with Gasteiger partial charge in [-0.1, -0.05) is 270 Å². The van der Waals surface area contributed by atoms with Crippen LogP contribution in [-0.2, 0) is 14.3 Å². The number of carbonyl (C=O) groups excluding carboxylic acids is 1. The summed E-state index contributed by atoms with van der Waals surface area (Å²) in [5.41, 5.74) is 0. The average Bonchev–Trinajstić information content (AvgIpc) is 3.37. The molecule has 0 saturated carbocycles. The van der Waals surface area contributed by atoms with Crippen LogP contribution in [-0.4, -0.2) is 110 Å². The van der Waals surface area contributed by atoms with Crippen molar-refractivity contribution in [1.29, 1.82) is 0 Å². The van der Waals surface area contributed by atoms with Crippen molar-refractivity contribution in [2.24, 2.45) is 0 Å². The highest BCUT2D eigenvalue weighted by Crippen LogP contribution is 2.24. The molecule has 0 radical (unpaired) electrons. The molecule has 71 heavy (non-hydrogen) atoms. The zero-order valence-corrected chi connectivity index (χ0v) is 46.2. The molecule has 1 aliphatic heterocycles. The number of carbonyl (C=O) groups is 1. The number of allylic oxidation sites excluding steroid dienone is 2. The van der Waals surface area contributed by atoms with E-state index in [0.717, 1.165) is 38.5 Å². The molecule has 0 aromatic rings. The summed E-state index contributed by atoms with van der Waals surface area (Å²) in [4.78, 5) is 13.2. The Balaban J connectivity index is 2.26. The first kappa shape index (κ1) is 67.9. The van der Waals surface area contributed by atoms with Crippen LogP contribution in [0.5, 0.6) is 0 Å². The maximum absolute atomic E-state index is 13.2. The fourth-order valence-corrected chi connectivity index (χ4v) is 10.1. The number of hydrogen-bond donors (Lipinski definition) is 8. The van der Waals surface area contributed by atoms with Crippen molar-refractivity contribution in [3.63, 3.8) is 0 Å². The molecule has 0 aromatic heterocycles. The summed E-state index contributed by atoms with van der Waals surface area (Å²) in [5, 5.41) is 76.2. The molecule has 1 amide bonds.